The van der Waals surface area contributed by atoms with E-state index in [1.54, 1.807) is 85.3 Å². The summed E-state index contributed by atoms with van der Waals surface area (Å²) in [4.78, 5) is 74.8. The number of anilines is 5. The van der Waals surface area contributed by atoms with Crippen molar-refractivity contribution < 1.29 is 42.3 Å². The molecule has 90 heavy (non-hydrogen) atoms. The Balaban J connectivity index is 0.000000135. The van der Waals surface area contributed by atoms with Crippen LogP contribution in [0, 0.1) is 51.5 Å². The summed E-state index contributed by atoms with van der Waals surface area (Å²) in [5.74, 6) is -0.245. The molecule has 3 saturated carbocycles. The van der Waals surface area contributed by atoms with Crippen LogP contribution in [0.5, 0.6) is 0 Å². The van der Waals surface area contributed by atoms with Gasteiger partial charge >= 0.3 is 16.5 Å². The number of piperidine rings is 3. The molecular formula is C68H66Cl5F3N8O6. The molecule has 22 heteroatoms. The van der Waals surface area contributed by atoms with Gasteiger partial charge in [-0.3, -0.25) is 38.9 Å². The first kappa shape index (κ1) is 65.7. The fourth-order valence-corrected chi connectivity index (χ4v) is 13.8. The van der Waals surface area contributed by atoms with Gasteiger partial charge in [0.25, 0.3) is 0 Å². The van der Waals surface area contributed by atoms with Crippen LogP contribution in [0.4, 0.5) is 41.6 Å². The number of nitrogens with zero attached hydrogens (tertiary/aromatic N) is 6. The maximum Gasteiger partial charge on any atom is 0.309 e. The molecule has 5 aromatic carbocycles. The highest BCUT2D eigenvalue weighted by Crippen LogP contribution is 2.58. The standard InChI is InChI=1S/C24H23ClFN3O.C18H18ClFN2O.C18H19FN2O2.C6H6ClN.C2Cl2O2/c25-17-1-4-19(5-2-17)28-23(30)24(10-11-24)16-8-13-29(14-9-16)22-7-12-27-21-6-3-18(26)15-20(21)22;19-17(23)18(6-7-18)12-4-9-22(10-5-12)16-3-8-21-15-2-1-13(20)11-14(15)16;19-13-1-2-15-14(11-13)16(3-8-20-15)21-9-4-12(5-10-21)18(6-7-18)17(22)23;7-5-1-3-6(8)4-2-5;3-1(5)2(4)6/h1-7,12,15-16H,8-11,13-14H2,(H,28,30);1-3,8,11-12H,4-7,9-10H2;1-3,8,11-12H,4-7,9-10H2,(H,22,23);1-4H,8H2;. The second-order valence-corrected chi connectivity index (χ2v) is 25.8. The van der Waals surface area contributed by atoms with Gasteiger partial charge in [0.1, 0.15) is 17.5 Å². The Morgan fingerprint density at radius 1 is 0.467 bits per heavy atom. The molecule has 3 aliphatic carbocycles. The number of hydrogen-bond donors (Lipinski definition) is 3. The van der Waals surface area contributed by atoms with Gasteiger partial charge in [-0.2, -0.15) is 0 Å². The molecule has 0 spiro atoms. The Labute approximate surface area is 544 Å². The van der Waals surface area contributed by atoms with Gasteiger partial charge < -0.3 is 30.9 Å². The molecule has 6 fully saturated rings. The summed E-state index contributed by atoms with van der Waals surface area (Å²) in [6, 6.07) is 34.2. The molecule has 3 aliphatic heterocycles. The van der Waals surface area contributed by atoms with Crippen molar-refractivity contribution in [1.29, 1.82) is 0 Å². The van der Waals surface area contributed by atoms with Gasteiger partial charge in [0, 0.05) is 118 Å². The zero-order chi connectivity index (χ0) is 63.9. The van der Waals surface area contributed by atoms with Crippen molar-refractivity contribution in [3.8, 4) is 0 Å². The Morgan fingerprint density at radius 2 is 0.789 bits per heavy atom. The highest BCUT2D eigenvalue weighted by Gasteiger charge is 2.57. The number of benzene rings is 5. The second-order valence-electron chi connectivity index (χ2n) is 23.9. The molecule has 0 radical (unpaired) electrons. The summed E-state index contributed by atoms with van der Waals surface area (Å²) in [5.41, 5.74) is 11.4. The minimum Gasteiger partial charge on any atom is -0.481 e. The van der Waals surface area contributed by atoms with Crippen molar-refractivity contribution in [2.24, 2.45) is 34.0 Å². The van der Waals surface area contributed by atoms with E-state index in [1.807, 2.05) is 30.3 Å². The van der Waals surface area contributed by atoms with E-state index in [-0.39, 0.29) is 45.3 Å². The minimum absolute atomic E-state index is 0.125. The number of nitrogens with one attached hydrogen (secondary N) is 1. The summed E-state index contributed by atoms with van der Waals surface area (Å²) in [5, 5.41) is 14.0. The quantitative estimate of drug-likeness (QED) is 0.0630. The molecule has 3 aromatic heterocycles. The van der Waals surface area contributed by atoms with Crippen molar-refractivity contribution in [3.63, 3.8) is 0 Å². The van der Waals surface area contributed by atoms with Gasteiger partial charge in [-0.25, -0.2) is 13.2 Å². The Hall–Kier alpha value is -7.28. The first-order chi connectivity index (χ1) is 43.2. The molecule has 8 aromatic rings. The number of halogens is 8. The predicted molar refractivity (Wildman–Crippen MR) is 351 cm³/mol. The second kappa shape index (κ2) is 28.5. The highest BCUT2D eigenvalue weighted by molar-refractivity contribution is 6.97. The third-order valence-corrected chi connectivity index (χ3v) is 20.0. The van der Waals surface area contributed by atoms with E-state index in [2.05, 4.69) is 58.2 Å². The number of carboxylic acid groups (broad SMARTS) is 1. The zero-order valence-corrected chi connectivity index (χ0v) is 52.8. The van der Waals surface area contributed by atoms with Crippen molar-refractivity contribution in [1.82, 2.24) is 15.0 Å². The van der Waals surface area contributed by atoms with Gasteiger partial charge in [0.2, 0.25) is 11.1 Å². The molecule has 0 atom stereocenters. The molecule has 14 rings (SSSR count). The third-order valence-electron chi connectivity index (χ3n) is 18.7. The Bertz CT molecular complexity index is 3760. The molecule has 0 bridgehead atoms. The molecule has 470 valence electrons. The topological polar surface area (TPSA) is 192 Å². The van der Waals surface area contributed by atoms with Crippen LogP contribution in [0.1, 0.15) is 77.0 Å². The number of aliphatic carboxylic acids is 1. The molecule has 14 nitrogen and oxygen atoms in total. The number of hydrogen-bond acceptors (Lipinski definition) is 12. The third kappa shape index (κ3) is 15.4. The maximum atomic E-state index is 13.8. The molecule has 6 aliphatic rings. The number of nitrogen functional groups attached to an aromatic ring is 1. The molecule has 1 amide bonds. The van der Waals surface area contributed by atoms with E-state index in [1.165, 1.54) is 24.3 Å². The lowest BCUT2D eigenvalue weighted by Crippen LogP contribution is -2.40. The average molecular weight is 1330 g/mol. The minimum atomic E-state index is -1.14. The lowest BCUT2D eigenvalue weighted by molar-refractivity contribution is -0.146. The normalized spacial score (nSPS) is 18.0. The summed E-state index contributed by atoms with van der Waals surface area (Å²) >= 11 is 26.3. The molecule has 6 heterocycles. The van der Waals surface area contributed by atoms with E-state index in [9.17, 15) is 42.3 Å². The van der Waals surface area contributed by atoms with Gasteiger partial charge in [-0.1, -0.05) is 23.2 Å². The number of rotatable bonds is 11. The molecule has 0 unspecified atom stereocenters. The predicted octanol–water partition coefficient (Wildman–Crippen LogP) is 15.7. The van der Waals surface area contributed by atoms with Crippen LogP contribution in [-0.4, -0.2) is 86.9 Å². The van der Waals surface area contributed by atoms with Crippen molar-refractivity contribution in [3.05, 3.63) is 167 Å². The molecule has 4 N–H and O–H groups in total. The number of fused-ring (bicyclic) bond motifs is 3. The smallest absolute Gasteiger partial charge is 0.309 e. The van der Waals surface area contributed by atoms with Crippen LogP contribution in [0.2, 0.25) is 10.0 Å². The van der Waals surface area contributed by atoms with Crippen LogP contribution in [0.25, 0.3) is 32.7 Å². The monoisotopic (exact) mass is 1320 g/mol. The average Bonchev–Trinajstić information content (AvgIpc) is 1.62. The number of pyridine rings is 3. The fourth-order valence-electron chi connectivity index (χ4n) is 13.2. The van der Waals surface area contributed by atoms with Crippen LogP contribution < -0.4 is 25.8 Å². The zero-order valence-electron chi connectivity index (χ0n) is 49.0. The highest BCUT2D eigenvalue weighted by atomic mass is 35.5. The lowest BCUT2D eigenvalue weighted by Gasteiger charge is -2.37. The van der Waals surface area contributed by atoms with Gasteiger partial charge in [-0.15, -0.1) is 0 Å². The van der Waals surface area contributed by atoms with Crippen LogP contribution >= 0.6 is 58.0 Å². The maximum absolute atomic E-state index is 13.8. The number of carbonyl (C=O) groups is 5. The van der Waals surface area contributed by atoms with Gasteiger partial charge in [-0.05, 0) is 251 Å². The molecular weight excluding hydrogens is 1260 g/mol. The number of aromatic nitrogens is 3. The van der Waals surface area contributed by atoms with E-state index < -0.39 is 21.9 Å². The number of carbonyl (C=O) groups excluding carboxylic acids is 4. The van der Waals surface area contributed by atoms with Crippen molar-refractivity contribution in [2.45, 2.75) is 77.0 Å². The van der Waals surface area contributed by atoms with Crippen LogP contribution in [0.15, 0.2) is 140 Å². The van der Waals surface area contributed by atoms with E-state index in [0.29, 0.717) is 16.9 Å². The summed E-state index contributed by atoms with van der Waals surface area (Å²) in [6.45, 7) is 5.08. The number of nitrogens with two attached hydrogens (primary N) is 1. The van der Waals surface area contributed by atoms with E-state index >= 15 is 0 Å². The Kier molecular flexibility index (Phi) is 20.8. The fraction of sp³-hybridized carbons (Fsp3) is 0.353. The SMILES string of the molecule is Nc1ccc(Cl)cc1.O=C(Cl)C(=O)Cl.O=C(Cl)C1(C2CCN(c3ccnc4ccc(F)cc34)CC2)CC1.O=C(Nc1ccc(Cl)cc1)C1(C2CCN(c3ccnc4ccc(F)cc34)CC2)CC1.O=C(O)C1(C2CCN(c3ccnc4ccc(F)cc34)CC2)CC1. The van der Waals surface area contributed by atoms with Crippen LogP contribution in [-0.2, 0) is 24.0 Å². The largest absolute Gasteiger partial charge is 0.481 e. The van der Waals surface area contributed by atoms with Gasteiger partial charge in [0.05, 0.1) is 27.4 Å². The first-order valence-electron chi connectivity index (χ1n) is 30.0. The first-order valence-corrected chi connectivity index (χ1v) is 31.9. The van der Waals surface area contributed by atoms with Crippen molar-refractivity contribution >= 4 is 147 Å². The number of amides is 1. The molecule has 3 saturated heterocycles. The van der Waals surface area contributed by atoms with Crippen molar-refractivity contribution in [2.75, 3.05) is 65.0 Å². The lowest BCUT2D eigenvalue weighted by atomic mass is 9.80. The summed E-state index contributed by atoms with van der Waals surface area (Å²) in [7, 11) is 0. The summed E-state index contributed by atoms with van der Waals surface area (Å²) in [6.07, 6.45) is 16.3. The number of carboxylic acids is 1. The van der Waals surface area contributed by atoms with E-state index in [4.69, 9.17) is 40.5 Å². The van der Waals surface area contributed by atoms with E-state index in [0.717, 1.165) is 182 Å². The van der Waals surface area contributed by atoms with Crippen LogP contribution in [0.3, 0.4) is 0 Å². The Morgan fingerprint density at radius 3 is 1.09 bits per heavy atom. The summed E-state index contributed by atoms with van der Waals surface area (Å²) < 4.78 is 41.0. The van der Waals surface area contributed by atoms with Gasteiger partial charge in [0.15, 0.2) is 0 Å².